The predicted octanol–water partition coefficient (Wildman–Crippen LogP) is 3.55. The van der Waals surface area contributed by atoms with Gasteiger partial charge in [-0.2, -0.15) is 0 Å². The van der Waals surface area contributed by atoms with Gasteiger partial charge in [0.1, 0.15) is 5.37 Å². The maximum absolute atomic E-state index is 12.8. The van der Waals surface area contributed by atoms with Gasteiger partial charge in [0.25, 0.3) is 5.91 Å². The van der Waals surface area contributed by atoms with Gasteiger partial charge in [-0.25, -0.2) is 8.42 Å². The number of hydrogen-bond acceptors (Lipinski definition) is 6. The van der Waals surface area contributed by atoms with Crippen molar-refractivity contribution in [2.45, 2.75) is 50.9 Å². The van der Waals surface area contributed by atoms with Gasteiger partial charge >= 0.3 is 0 Å². The van der Waals surface area contributed by atoms with Crippen LogP contribution in [0.5, 0.6) is 0 Å². The van der Waals surface area contributed by atoms with E-state index in [0.717, 1.165) is 50.9 Å². The van der Waals surface area contributed by atoms with Crippen LogP contribution in [0.25, 0.3) is 0 Å². The third-order valence-corrected chi connectivity index (χ3v) is 7.62. The molecule has 1 fully saturated rings. The minimum Gasteiger partial charge on any atom is -0.459 e. The van der Waals surface area contributed by atoms with Crippen LogP contribution in [0.15, 0.2) is 47.1 Å². The molecule has 1 aromatic heterocycles. The minimum atomic E-state index is -3.22. The average molecular weight is 462 g/mol. The molecule has 0 saturated carbocycles. The van der Waals surface area contributed by atoms with Crippen LogP contribution in [-0.2, 0) is 16.3 Å². The number of nitrogens with one attached hydrogen (secondary N) is 2. The van der Waals surface area contributed by atoms with Gasteiger partial charge in [0.2, 0.25) is 0 Å². The van der Waals surface area contributed by atoms with Crippen molar-refractivity contribution in [1.82, 2.24) is 10.2 Å². The number of sulfone groups is 1. The highest BCUT2D eigenvalue weighted by atomic mass is 32.2. The largest absolute Gasteiger partial charge is 0.459 e. The molecule has 0 spiro atoms. The van der Waals surface area contributed by atoms with E-state index in [-0.39, 0.29) is 23.6 Å². The van der Waals surface area contributed by atoms with Gasteiger partial charge in [0.15, 0.2) is 15.6 Å². The number of anilines is 1. The summed E-state index contributed by atoms with van der Waals surface area (Å²) in [5.41, 5.74) is 1.80. The Bertz CT molecular complexity index is 952. The van der Waals surface area contributed by atoms with E-state index in [1.807, 2.05) is 24.3 Å². The molecule has 2 N–H and O–H groups in total. The van der Waals surface area contributed by atoms with Crippen LogP contribution in [0, 0.1) is 5.92 Å². The number of carbonyl (C=O) groups excluding carboxylic acids is 1. The van der Waals surface area contributed by atoms with E-state index in [0.29, 0.717) is 5.69 Å². The van der Waals surface area contributed by atoms with Crippen molar-refractivity contribution >= 4 is 21.4 Å². The molecule has 0 bridgehead atoms. The summed E-state index contributed by atoms with van der Waals surface area (Å²) in [7, 11) is -3.22. The molecule has 7 nitrogen and oxygen atoms in total. The molecule has 0 radical (unpaired) electrons. The van der Waals surface area contributed by atoms with Crippen molar-refractivity contribution in [2.75, 3.05) is 31.2 Å². The topological polar surface area (TPSA) is 91.7 Å². The lowest BCUT2D eigenvalue weighted by Crippen LogP contribution is -2.52. The third kappa shape index (κ3) is 6.43. The monoisotopic (exact) mass is 461 g/mol. The van der Waals surface area contributed by atoms with Crippen molar-refractivity contribution in [3.63, 3.8) is 0 Å². The normalized spacial score (nSPS) is 17.2. The Kier molecular flexibility index (Phi) is 8.51. The Morgan fingerprint density at radius 2 is 1.91 bits per heavy atom. The summed E-state index contributed by atoms with van der Waals surface area (Å²) in [6.45, 7) is 6.70. The number of benzene rings is 1. The fraction of sp³-hybridized carbons (Fsp3) is 0.542. The van der Waals surface area contributed by atoms with Gasteiger partial charge in [-0.3, -0.25) is 9.69 Å². The Balaban J connectivity index is 1.70. The van der Waals surface area contributed by atoms with E-state index in [4.69, 9.17) is 4.42 Å². The van der Waals surface area contributed by atoms with Crippen LogP contribution in [0.2, 0.25) is 0 Å². The highest BCUT2D eigenvalue weighted by molar-refractivity contribution is 7.91. The molecule has 1 aliphatic heterocycles. The summed E-state index contributed by atoms with van der Waals surface area (Å²) in [6.07, 6.45) is 6.26. The van der Waals surface area contributed by atoms with Crippen LogP contribution in [0.1, 0.15) is 49.2 Å². The first kappa shape index (κ1) is 24.5. The lowest BCUT2D eigenvalue weighted by atomic mass is 9.95. The van der Waals surface area contributed by atoms with Gasteiger partial charge in [-0.1, -0.05) is 19.1 Å². The first-order valence-corrected chi connectivity index (χ1v) is 13.3. The SMILES string of the molecule is CCCN(C(C)Cc1ccc(NC(=O)c2ccco2)cc1)C(C1CCNCC1)S(C)(=O)=O. The minimum absolute atomic E-state index is 0.0770. The number of nitrogens with zero attached hydrogens (tertiary/aromatic N) is 1. The highest BCUT2D eigenvalue weighted by Crippen LogP contribution is 2.28. The molecule has 1 aliphatic rings. The molecule has 2 heterocycles. The van der Waals surface area contributed by atoms with Gasteiger partial charge in [-0.15, -0.1) is 0 Å². The molecule has 2 atom stereocenters. The molecule has 1 aromatic carbocycles. The molecule has 1 saturated heterocycles. The Hall–Kier alpha value is -2.16. The second-order valence-electron chi connectivity index (χ2n) is 8.73. The highest BCUT2D eigenvalue weighted by Gasteiger charge is 2.37. The molecular weight excluding hydrogens is 426 g/mol. The molecule has 2 aromatic rings. The van der Waals surface area contributed by atoms with Crippen LogP contribution in [-0.4, -0.2) is 56.5 Å². The number of hydrogen-bond donors (Lipinski definition) is 2. The zero-order valence-electron chi connectivity index (χ0n) is 19.2. The molecule has 0 aliphatic carbocycles. The maximum Gasteiger partial charge on any atom is 0.291 e. The van der Waals surface area contributed by atoms with Crippen molar-refractivity contribution in [1.29, 1.82) is 0 Å². The van der Waals surface area contributed by atoms with E-state index in [1.165, 1.54) is 12.5 Å². The van der Waals surface area contributed by atoms with Crippen LogP contribution < -0.4 is 10.6 Å². The summed E-state index contributed by atoms with van der Waals surface area (Å²) < 4.78 is 30.8. The van der Waals surface area contributed by atoms with E-state index in [1.54, 1.807) is 12.1 Å². The average Bonchev–Trinajstić information content (AvgIpc) is 3.30. The number of piperidine rings is 1. The molecule has 32 heavy (non-hydrogen) atoms. The quantitative estimate of drug-likeness (QED) is 0.562. The second kappa shape index (κ2) is 11.1. The third-order valence-electron chi connectivity index (χ3n) is 6.09. The summed E-state index contributed by atoms with van der Waals surface area (Å²) in [6, 6.07) is 11.1. The van der Waals surface area contributed by atoms with Crippen LogP contribution in [0.4, 0.5) is 5.69 Å². The zero-order chi connectivity index (χ0) is 23.1. The number of rotatable bonds is 10. The van der Waals surface area contributed by atoms with Gasteiger partial charge < -0.3 is 15.1 Å². The number of furan rings is 1. The fourth-order valence-corrected chi connectivity index (χ4v) is 6.41. The second-order valence-corrected chi connectivity index (χ2v) is 10.9. The standard InChI is InChI=1S/C24H35N3O4S/c1-4-15-27(24(32(3,29)30)20-11-13-25-14-12-20)18(2)17-19-7-9-21(10-8-19)26-23(28)22-6-5-16-31-22/h5-10,16,18,20,24-25H,4,11-15,17H2,1-3H3,(H,26,28). The summed E-state index contributed by atoms with van der Waals surface area (Å²) >= 11 is 0. The fourth-order valence-electron chi connectivity index (χ4n) is 4.64. The first-order valence-electron chi connectivity index (χ1n) is 11.4. The molecule has 176 valence electrons. The Labute approximate surface area is 191 Å². The lowest BCUT2D eigenvalue weighted by molar-refractivity contribution is 0.0996. The summed E-state index contributed by atoms with van der Waals surface area (Å²) in [4.78, 5) is 14.3. The molecule has 1 amide bonds. The number of carbonyl (C=O) groups is 1. The lowest BCUT2D eigenvalue weighted by Gasteiger charge is -2.41. The molecule has 2 unspecified atom stereocenters. The molecule has 3 rings (SSSR count). The summed E-state index contributed by atoms with van der Waals surface area (Å²) in [5, 5.41) is 5.71. The molecular formula is C24H35N3O4S. The van der Waals surface area contributed by atoms with Crippen LogP contribution >= 0.6 is 0 Å². The van der Waals surface area contributed by atoms with E-state index < -0.39 is 15.2 Å². The molecule has 8 heteroatoms. The van der Waals surface area contributed by atoms with Crippen LogP contribution in [0.3, 0.4) is 0 Å². The summed E-state index contributed by atoms with van der Waals surface area (Å²) in [5.74, 6) is 0.130. The first-order chi connectivity index (χ1) is 15.3. The van der Waals surface area contributed by atoms with E-state index in [9.17, 15) is 13.2 Å². The smallest absolute Gasteiger partial charge is 0.291 e. The van der Waals surface area contributed by atoms with E-state index >= 15 is 0 Å². The van der Waals surface area contributed by atoms with Gasteiger partial charge in [0.05, 0.1) is 6.26 Å². The number of amides is 1. The van der Waals surface area contributed by atoms with Crippen molar-refractivity contribution in [3.8, 4) is 0 Å². The van der Waals surface area contributed by atoms with E-state index in [2.05, 4.69) is 29.4 Å². The van der Waals surface area contributed by atoms with Crippen molar-refractivity contribution < 1.29 is 17.6 Å². The predicted molar refractivity (Wildman–Crippen MR) is 127 cm³/mol. The zero-order valence-corrected chi connectivity index (χ0v) is 20.0. The van der Waals surface area contributed by atoms with Gasteiger partial charge in [-0.05, 0) is 88.0 Å². The van der Waals surface area contributed by atoms with Crippen molar-refractivity contribution in [2.24, 2.45) is 5.92 Å². The Morgan fingerprint density at radius 1 is 1.22 bits per heavy atom. The maximum atomic E-state index is 12.8. The van der Waals surface area contributed by atoms with Crippen molar-refractivity contribution in [3.05, 3.63) is 54.0 Å². The Morgan fingerprint density at radius 3 is 2.47 bits per heavy atom. The van der Waals surface area contributed by atoms with Gasteiger partial charge in [0, 0.05) is 18.0 Å².